The molecule has 0 aromatic carbocycles. The first kappa shape index (κ1) is 8.06. The average Bonchev–Trinajstić information content (AvgIpc) is 2.11. The largest absolute Gasteiger partial charge is 0.328 e. The molecular formula is C9H20N+. The Morgan fingerprint density at radius 2 is 1.70 bits per heavy atom. The minimum Gasteiger partial charge on any atom is -0.328 e. The number of rotatable bonds is 1. The van der Waals surface area contributed by atoms with E-state index < -0.39 is 0 Å². The minimum atomic E-state index is 0.917. The number of quaternary nitrogens is 1. The third-order valence-electron chi connectivity index (χ3n) is 2.81. The van der Waals surface area contributed by atoms with Gasteiger partial charge in [0.15, 0.2) is 0 Å². The van der Waals surface area contributed by atoms with Crippen LogP contribution in [0.4, 0.5) is 0 Å². The topological polar surface area (TPSA) is 0 Å². The molecule has 0 spiro atoms. The van der Waals surface area contributed by atoms with Crippen LogP contribution >= 0.6 is 0 Å². The Kier molecular flexibility index (Phi) is 2.04. The van der Waals surface area contributed by atoms with Crippen LogP contribution < -0.4 is 0 Å². The van der Waals surface area contributed by atoms with Crippen LogP contribution in [0.25, 0.3) is 0 Å². The molecule has 1 fully saturated rings. The monoisotopic (exact) mass is 142 g/mol. The van der Waals surface area contributed by atoms with Gasteiger partial charge in [-0.1, -0.05) is 6.92 Å². The van der Waals surface area contributed by atoms with Crippen LogP contribution in [0.15, 0.2) is 0 Å². The maximum absolute atomic E-state index is 2.39. The summed E-state index contributed by atoms with van der Waals surface area (Å²) in [6, 6.07) is 0.917. The first-order valence-electron chi connectivity index (χ1n) is 4.33. The zero-order valence-electron chi connectivity index (χ0n) is 7.72. The molecule has 1 saturated carbocycles. The van der Waals surface area contributed by atoms with E-state index in [1.807, 2.05) is 0 Å². The van der Waals surface area contributed by atoms with Crippen LogP contribution in [0.3, 0.4) is 0 Å². The second-order valence-electron chi connectivity index (χ2n) is 4.59. The molecule has 60 valence electrons. The van der Waals surface area contributed by atoms with Crippen LogP contribution in [0.1, 0.15) is 26.2 Å². The smallest absolute Gasteiger partial charge is 0.0909 e. The fourth-order valence-corrected chi connectivity index (χ4v) is 2.28. The molecule has 0 aromatic rings. The zero-order valence-corrected chi connectivity index (χ0v) is 7.72. The van der Waals surface area contributed by atoms with E-state index >= 15 is 0 Å². The Morgan fingerprint density at radius 3 is 1.90 bits per heavy atom. The van der Waals surface area contributed by atoms with Gasteiger partial charge in [-0.3, -0.25) is 0 Å². The van der Waals surface area contributed by atoms with E-state index in [-0.39, 0.29) is 0 Å². The van der Waals surface area contributed by atoms with Gasteiger partial charge in [0, 0.05) is 5.92 Å². The van der Waals surface area contributed by atoms with Crippen molar-refractivity contribution in [2.24, 2.45) is 5.92 Å². The van der Waals surface area contributed by atoms with Crippen LogP contribution in [0, 0.1) is 5.92 Å². The fourth-order valence-electron chi connectivity index (χ4n) is 2.28. The number of hydrogen-bond donors (Lipinski definition) is 0. The van der Waals surface area contributed by atoms with Gasteiger partial charge in [-0.15, -0.1) is 0 Å². The van der Waals surface area contributed by atoms with Crippen molar-refractivity contribution in [2.45, 2.75) is 32.2 Å². The minimum absolute atomic E-state index is 0.917. The van der Waals surface area contributed by atoms with E-state index in [2.05, 4.69) is 28.1 Å². The summed E-state index contributed by atoms with van der Waals surface area (Å²) in [5, 5.41) is 0. The molecule has 2 atom stereocenters. The number of nitrogens with zero attached hydrogens (tertiary/aromatic N) is 1. The predicted octanol–water partition coefficient (Wildman–Crippen LogP) is 1.88. The van der Waals surface area contributed by atoms with Gasteiger partial charge < -0.3 is 4.48 Å². The lowest BCUT2D eigenvalue weighted by atomic mass is 10.0. The van der Waals surface area contributed by atoms with E-state index in [4.69, 9.17) is 0 Å². The average molecular weight is 142 g/mol. The van der Waals surface area contributed by atoms with Crippen molar-refractivity contribution in [3.05, 3.63) is 0 Å². The molecular weight excluding hydrogens is 122 g/mol. The molecule has 10 heavy (non-hydrogen) atoms. The normalized spacial score (nSPS) is 34.8. The van der Waals surface area contributed by atoms with Crippen molar-refractivity contribution in [2.75, 3.05) is 21.1 Å². The molecule has 0 bridgehead atoms. The molecule has 0 heterocycles. The quantitative estimate of drug-likeness (QED) is 0.490. The Bertz CT molecular complexity index is 112. The summed E-state index contributed by atoms with van der Waals surface area (Å²) in [4.78, 5) is 0. The van der Waals surface area contributed by atoms with Crippen LogP contribution in [0.2, 0.25) is 0 Å². The third kappa shape index (κ3) is 1.51. The molecule has 0 radical (unpaired) electrons. The Hall–Kier alpha value is -0.0400. The first-order chi connectivity index (χ1) is 4.52. The molecule has 1 nitrogen and oxygen atoms in total. The highest BCUT2D eigenvalue weighted by Gasteiger charge is 2.33. The highest BCUT2D eigenvalue weighted by molar-refractivity contribution is 4.74. The van der Waals surface area contributed by atoms with Crippen molar-refractivity contribution in [3.8, 4) is 0 Å². The SMILES string of the molecule is CC1CCCC1[N+](C)(C)C. The first-order valence-corrected chi connectivity index (χ1v) is 4.33. The van der Waals surface area contributed by atoms with Gasteiger partial charge >= 0.3 is 0 Å². The third-order valence-corrected chi connectivity index (χ3v) is 2.81. The van der Waals surface area contributed by atoms with E-state index in [0.717, 1.165) is 16.4 Å². The van der Waals surface area contributed by atoms with Crippen molar-refractivity contribution in [3.63, 3.8) is 0 Å². The van der Waals surface area contributed by atoms with Crippen molar-refractivity contribution >= 4 is 0 Å². The summed E-state index contributed by atoms with van der Waals surface area (Å²) in [5.74, 6) is 0.944. The summed E-state index contributed by atoms with van der Waals surface area (Å²) >= 11 is 0. The summed E-state index contributed by atoms with van der Waals surface area (Å²) in [6.07, 6.45) is 4.33. The molecule has 0 saturated heterocycles. The van der Waals surface area contributed by atoms with Crippen molar-refractivity contribution in [1.29, 1.82) is 0 Å². The van der Waals surface area contributed by atoms with Gasteiger partial charge in [-0.2, -0.15) is 0 Å². The van der Waals surface area contributed by atoms with E-state index in [9.17, 15) is 0 Å². The molecule has 1 rings (SSSR count). The Morgan fingerprint density at radius 1 is 1.10 bits per heavy atom. The van der Waals surface area contributed by atoms with Gasteiger partial charge in [0.25, 0.3) is 0 Å². The van der Waals surface area contributed by atoms with Crippen LogP contribution in [0.5, 0.6) is 0 Å². The molecule has 0 amide bonds. The maximum atomic E-state index is 2.39. The summed E-state index contributed by atoms with van der Waals surface area (Å²) < 4.78 is 1.15. The Labute approximate surface area is 64.6 Å². The molecule has 1 heteroatoms. The van der Waals surface area contributed by atoms with Gasteiger partial charge in [0.05, 0.1) is 27.2 Å². The van der Waals surface area contributed by atoms with Gasteiger partial charge in [0.2, 0.25) is 0 Å². The molecule has 2 unspecified atom stereocenters. The highest BCUT2D eigenvalue weighted by atomic mass is 15.3. The van der Waals surface area contributed by atoms with E-state index in [1.54, 1.807) is 0 Å². The Balaban J connectivity index is 2.55. The second kappa shape index (κ2) is 2.54. The van der Waals surface area contributed by atoms with Gasteiger partial charge in [-0.25, -0.2) is 0 Å². The molecule has 0 aromatic heterocycles. The summed E-state index contributed by atoms with van der Waals surface area (Å²) in [7, 11) is 6.94. The lowest BCUT2D eigenvalue weighted by Gasteiger charge is -2.34. The summed E-state index contributed by atoms with van der Waals surface area (Å²) in [5.41, 5.74) is 0. The van der Waals surface area contributed by atoms with Crippen molar-refractivity contribution in [1.82, 2.24) is 0 Å². The standard InChI is InChI=1S/C9H20N/c1-8-6-5-7-9(8)10(2,3)4/h8-9H,5-7H2,1-4H3/q+1. The molecule has 0 N–H and O–H groups in total. The summed E-state index contributed by atoms with van der Waals surface area (Å²) in [6.45, 7) is 2.39. The van der Waals surface area contributed by atoms with Crippen LogP contribution in [-0.4, -0.2) is 31.7 Å². The highest BCUT2D eigenvalue weighted by Crippen LogP contribution is 2.30. The zero-order chi connectivity index (χ0) is 7.78. The second-order valence-corrected chi connectivity index (χ2v) is 4.59. The van der Waals surface area contributed by atoms with E-state index in [0.29, 0.717) is 0 Å². The van der Waals surface area contributed by atoms with Crippen molar-refractivity contribution < 1.29 is 4.48 Å². The predicted molar refractivity (Wildman–Crippen MR) is 44.8 cm³/mol. The maximum Gasteiger partial charge on any atom is 0.0909 e. The fraction of sp³-hybridized carbons (Fsp3) is 1.00. The van der Waals surface area contributed by atoms with Gasteiger partial charge in [0.1, 0.15) is 0 Å². The van der Waals surface area contributed by atoms with Crippen LogP contribution in [-0.2, 0) is 0 Å². The molecule has 0 aliphatic heterocycles. The van der Waals surface area contributed by atoms with Gasteiger partial charge in [-0.05, 0) is 19.3 Å². The lowest BCUT2D eigenvalue weighted by molar-refractivity contribution is -0.898. The number of hydrogen-bond acceptors (Lipinski definition) is 0. The molecule has 1 aliphatic carbocycles. The lowest BCUT2D eigenvalue weighted by Crippen LogP contribution is -2.46. The van der Waals surface area contributed by atoms with E-state index in [1.165, 1.54) is 19.3 Å². The molecule has 1 aliphatic rings.